The highest BCUT2D eigenvalue weighted by atomic mass is 16.5. The number of aryl methyl sites for hydroxylation is 1. The maximum atomic E-state index is 11.9. The maximum Gasteiger partial charge on any atom is 0.419 e. The van der Waals surface area contributed by atoms with Crippen molar-refractivity contribution in [2.45, 2.75) is 26.0 Å². The maximum absolute atomic E-state index is 11.9. The number of para-hydroxylation sites is 2. The quantitative estimate of drug-likeness (QED) is 0.562. The number of hydrogen-bond acceptors (Lipinski definition) is 6. The van der Waals surface area contributed by atoms with Gasteiger partial charge in [0.1, 0.15) is 0 Å². The first-order valence-electron chi connectivity index (χ1n) is 7.57. The van der Waals surface area contributed by atoms with Gasteiger partial charge in [-0.3, -0.25) is 14.2 Å². The van der Waals surface area contributed by atoms with Crippen LogP contribution in [0.1, 0.15) is 13.3 Å². The van der Waals surface area contributed by atoms with Gasteiger partial charge in [-0.15, -0.1) is 0 Å². The number of rotatable bonds is 8. The summed E-state index contributed by atoms with van der Waals surface area (Å²) in [4.78, 5) is 35.4. The molecule has 130 valence electrons. The molecule has 1 amide bonds. The molecule has 0 aliphatic heterocycles. The molecule has 0 fully saturated rings. The number of oxazole rings is 1. The Morgan fingerprint density at radius 3 is 2.83 bits per heavy atom. The van der Waals surface area contributed by atoms with Crippen LogP contribution in [0.4, 0.5) is 0 Å². The van der Waals surface area contributed by atoms with Gasteiger partial charge in [-0.2, -0.15) is 0 Å². The summed E-state index contributed by atoms with van der Waals surface area (Å²) in [7, 11) is 1.52. The van der Waals surface area contributed by atoms with Crippen molar-refractivity contribution in [3.05, 3.63) is 34.8 Å². The van der Waals surface area contributed by atoms with Crippen LogP contribution in [0.5, 0.6) is 0 Å². The fourth-order valence-electron chi connectivity index (χ4n) is 2.16. The summed E-state index contributed by atoms with van der Waals surface area (Å²) in [6, 6.07) is 6.95. The number of nitrogens with zero attached hydrogens (tertiary/aromatic N) is 1. The van der Waals surface area contributed by atoms with Gasteiger partial charge < -0.3 is 19.2 Å². The second kappa shape index (κ2) is 8.30. The van der Waals surface area contributed by atoms with Crippen LogP contribution in [0.15, 0.2) is 33.5 Å². The molecule has 0 aliphatic carbocycles. The van der Waals surface area contributed by atoms with E-state index in [1.165, 1.54) is 18.6 Å². The number of esters is 1. The average Bonchev–Trinajstić information content (AvgIpc) is 2.88. The van der Waals surface area contributed by atoms with Gasteiger partial charge in [-0.25, -0.2) is 4.79 Å². The fourth-order valence-corrected chi connectivity index (χ4v) is 2.16. The predicted octanol–water partition coefficient (Wildman–Crippen LogP) is 0.679. The van der Waals surface area contributed by atoms with Gasteiger partial charge in [0.15, 0.2) is 11.7 Å². The van der Waals surface area contributed by atoms with Crippen molar-refractivity contribution in [1.29, 1.82) is 0 Å². The molecule has 0 radical (unpaired) electrons. The molecule has 0 saturated heterocycles. The summed E-state index contributed by atoms with van der Waals surface area (Å²) >= 11 is 0. The molecule has 2 aromatic rings. The summed E-state index contributed by atoms with van der Waals surface area (Å²) in [6.45, 7) is 2.32. The number of aromatic nitrogens is 1. The highest BCUT2D eigenvalue weighted by molar-refractivity contribution is 5.83. The molecular formula is C16H20N2O6. The zero-order valence-corrected chi connectivity index (χ0v) is 13.6. The largest absolute Gasteiger partial charge is 0.452 e. The van der Waals surface area contributed by atoms with E-state index in [0.29, 0.717) is 24.3 Å². The molecule has 1 atom stereocenters. The first kappa shape index (κ1) is 17.7. The Bertz CT molecular complexity index is 763. The summed E-state index contributed by atoms with van der Waals surface area (Å²) in [5.74, 6) is -1.50. The summed E-state index contributed by atoms with van der Waals surface area (Å²) in [6.07, 6.45) is -0.953. The molecule has 2 rings (SSSR count). The lowest BCUT2D eigenvalue weighted by Crippen LogP contribution is -2.37. The molecule has 8 nitrogen and oxygen atoms in total. The van der Waals surface area contributed by atoms with Crippen LogP contribution in [-0.2, 0) is 25.6 Å². The zero-order chi connectivity index (χ0) is 17.5. The number of hydrogen-bond donors (Lipinski definition) is 1. The van der Waals surface area contributed by atoms with E-state index >= 15 is 0 Å². The van der Waals surface area contributed by atoms with Crippen LogP contribution >= 0.6 is 0 Å². The number of fused-ring (bicyclic) bond motifs is 1. The Morgan fingerprint density at radius 1 is 1.33 bits per heavy atom. The van der Waals surface area contributed by atoms with Gasteiger partial charge >= 0.3 is 11.7 Å². The van der Waals surface area contributed by atoms with E-state index in [4.69, 9.17) is 13.9 Å². The van der Waals surface area contributed by atoms with E-state index in [0.717, 1.165) is 0 Å². The van der Waals surface area contributed by atoms with Crippen LogP contribution in [0.25, 0.3) is 11.1 Å². The minimum Gasteiger partial charge on any atom is -0.452 e. The van der Waals surface area contributed by atoms with E-state index in [2.05, 4.69) is 5.32 Å². The van der Waals surface area contributed by atoms with Gasteiger partial charge in [0, 0.05) is 20.2 Å². The van der Waals surface area contributed by atoms with E-state index < -0.39 is 23.7 Å². The van der Waals surface area contributed by atoms with Gasteiger partial charge in [0.2, 0.25) is 0 Å². The van der Waals surface area contributed by atoms with Crippen LogP contribution in [0, 0.1) is 0 Å². The second-order valence-corrected chi connectivity index (χ2v) is 5.15. The van der Waals surface area contributed by atoms with Gasteiger partial charge in [-0.05, 0) is 19.1 Å². The number of methoxy groups -OCH3 is 1. The van der Waals surface area contributed by atoms with Crippen molar-refractivity contribution in [3.63, 3.8) is 0 Å². The minimum absolute atomic E-state index is 0.0425. The lowest BCUT2D eigenvalue weighted by molar-refractivity contribution is -0.155. The third-order valence-electron chi connectivity index (χ3n) is 3.40. The predicted molar refractivity (Wildman–Crippen MR) is 85.5 cm³/mol. The lowest BCUT2D eigenvalue weighted by atomic mass is 10.3. The Kier molecular flexibility index (Phi) is 6.14. The van der Waals surface area contributed by atoms with Crippen LogP contribution < -0.4 is 11.1 Å². The van der Waals surface area contributed by atoms with Crippen molar-refractivity contribution < 1.29 is 23.5 Å². The van der Waals surface area contributed by atoms with Crippen LogP contribution in [0.3, 0.4) is 0 Å². The Hall–Kier alpha value is -2.61. The molecule has 24 heavy (non-hydrogen) atoms. The molecule has 0 unspecified atom stereocenters. The van der Waals surface area contributed by atoms with Crippen molar-refractivity contribution in [2.75, 3.05) is 20.3 Å². The number of amides is 1. The van der Waals surface area contributed by atoms with Gasteiger partial charge in [0.25, 0.3) is 5.91 Å². The standard InChI is InChI=1S/C16H20N2O6/c1-11(15(20)17-8-10-22-2)23-14(19)7-9-18-12-5-3-4-6-13(12)24-16(18)21/h3-6,11H,7-10H2,1-2H3,(H,17,20)/t11-/m0/s1. The van der Waals surface area contributed by atoms with Crippen LogP contribution in [0.2, 0.25) is 0 Å². The zero-order valence-electron chi connectivity index (χ0n) is 13.6. The normalized spacial score (nSPS) is 12.1. The molecule has 1 aromatic carbocycles. The number of benzene rings is 1. The molecular weight excluding hydrogens is 316 g/mol. The molecule has 1 N–H and O–H groups in total. The highest BCUT2D eigenvalue weighted by Crippen LogP contribution is 2.12. The highest BCUT2D eigenvalue weighted by Gasteiger charge is 2.18. The fraction of sp³-hybridized carbons (Fsp3) is 0.438. The van der Waals surface area contributed by atoms with Crippen molar-refractivity contribution >= 4 is 23.0 Å². The molecule has 0 bridgehead atoms. The Morgan fingerprint density at radius 2 is 2.08 bits per heavy atom. The number of carbonyl (C=O) groups excluding carboxylic acids is 2. The van der Waals surface area contributed by atoms with Gasteiger partial charge in [-0.1, -0.05) is 12.1 Å². The van der Waals surface area contributed by atoms with E-state index in [1.54, 1.807) is 24.3 Å². The van der Waals surface area contributed by atoms with E-state index in [1.807, 2.05) is 0 Å². The average molecular weight is 336 g/mol. The number of ether oxygens (including phenoxy) is 2. The molecule has 0 spiro atoms. The Labute approximate surface area is 138 Å². The SMILES string of the molecule is COCCNC(=O)[C@H](C)OC(=O)CCn1c(=O)oc2ccccc21. The van der Waals surface area contributed by atoms with E-state index in [-0.39, 0.29) is 13.0 Å². The third-order valence-corrected chi connectivity index (χ3v) is 3.40. The summed E-state index contributed by atoms with van der Waals surface area (Å²) in [5.41, 5.74) is 1.07. The number of carbonyl (C=O) groups is 2. The van der Waals surface area contributed by atoms with E-state index in [9.17, 15) is 14.4 Å². The monoisotopic (exact) mass is 336 g/mol. The first-order valence-corrected chi connectivity index (χ1v) is 7.57. The first-order chi connectivity index (χ1) is 11.5. The smallest absolute Gasteiger partial charge is 0.419 e. The molecule has 0 aliphatic rings. The van der Waals surface area contributed by atoms with Crippen molar-refractivity contribution in [1.82, 2.24) is 9.88 Å². The van der Waals surface area contributed by atoms with Crippen molar-refractivity contribution in [3.8, 4) is 0 Å². The molecule has 1 aromatic heterocycles. The molecule has 8 heteroatoms. The van der Waals surface area contributed by atoms with Crippen LogP contribution in [-0.4, -0.2) is 42.8 Å². The molecule has 1 heterocycles. The lowest BCUT2D eigenvalue weighted by Gasteiger charge is -2.13. The number of nitrogens with one attached hydrogen (secondary N) is 1. The second-order valence-electron chi connectivity index (χ2n) is 5.15. The summed E-state index contributed by atoms with van der Waals surface area (Å²) in [5, 5.41) is 2.58. The van der Waals surface area contributed by atoms with Gasteiger partial charge in [0.05, 0.1) is 18.5 Å². The minimum atomic E-state index is -0.910. The topological polar surface area (TPSA) is 99.8 Å². The molecule has 0 saturated carbocycles. The summed E-state index contributed by atoms with van der Waals surface area (Å²) < 4.78 is 16.3. The Balaban J connectivity index is 1.87. The van der Waals surface area contributed by atoms with Crippen molar-refractivity contribution in [2.24, 2.45) is 0 Å². The third kappa shape index (κ3) is 4.45.